The minimum atomic E-state index is 0.458. The summed E-state index contributed by atoms with van der Waals surface area (Å²) in [5.74, 6) is 0. The smallest absolute Gasteiger partial charge is 0.0775 e. The first-order valence-corrected chi connectivity index (χ1v) is 5.83. The SMILES string of the molecule is CCN(c1ccccc1)c1cccnc1CN. The van der Waals surface area contributed by atoms with Gasteiger partial charge in [-0.15, -0.1) is 0 Å². The van der Waals surface area contributed by atoms with Crippen LogP contribution in [-0.4, -0.2) is 11.5 Å². The fourth-order valence-electron chi connectivity index (χ4n) is 1.93. The van der Waals surface area contributed by atoms with Crippen LogP contribution in [0.25, 0.3) is 0 Å². The molecule has 3 heteroatoms. The predicted molar refractivity (Wildman–Crippen MR) is 71.3 cm³/mol. The second-order valence-corrected chi connectivity index (χ2v) is 3.75. The number of benzene rings is 1. The molecule has 0 aliphatic heterocycles. The summed E-state index contributed by atoms with van der Waals surface area (Å²) in [5.41, 5.74) is 8.91. The molecular weight excluding hydrogens is 210 g/mol. The van der Waals surface area contributed by atoms with Crippen molar-refractivity contribution >= 4 is 11.4 Å². The van der Waals surface area contributed by atoms with Gasteiger partial charge in [0.25, 0.3) is 0 Å². The first kappa shape index (κ1) is 11.6. The molecule has 3 nitrogen and oxygen atoms in total. The van der Waals surface area contributed by atoms with Crippen molar-refractivity contribution < 1.29 is 0 Å². The van der Waals surface area contributed by atoms with Gasteiger partial charge in [0.2, 0.25) is 0 Å². The summed E-state index contributed by atoms with van der Waals surface area (Å²) in [4.78, 5) is 6.54. The van der Waals surface area contributed by atoms with Gasteiger partial charge < -0.3 is 10.6 Å². The number of hydrogen-bond donors (Lipinski definition) is 1. The van der Waals surface area contributed by atoms with Crippen LogP contribution in [0.2, 0.25) is 0 Å². The van der Waals surface area contributed by atoms with Crippen LogP contribution >= 0.6 is 0 Å². The van der Waals surface area contributed by atoms with Crippen molar-refractivity contribution in [3.63, 3.8) is 0 Å². The second-order valence-electron chi connectivity index (χ2n) is 3.75. The molecule has 2 aromatic rings. The van der Waals surface area contributed by atoms with Crippen LogP contribution in [0.3, 0.4) is 0 Å². The van der Waals surface area contributed by atoms with Crippen molar-refractivity contribution in [2.24, 2.45) is 5.73 Å². The van der Waals surface area contributed by atoms with Gasteiger partial charge in [0.1, 0.15) is 0 Å². The van der Waals surface area contributed by atoms with Gasteiger partial charge in [0, 0.05) is 25.0 Å². The topological polar surface area (TPSA) is 42.2 Å². The van der Waals surface area contributed by atoms with Gasteiger partial charge in [0.15, 0.2) is 0 Å². The van der Waals surface area contributed by atoms with Gasteiger partial charge in [-0.1, -0.05) is 18.2 Å². The fourth-order valence-corrected chi connectivity index (χ4v) is 1.93. The Morgan fingerprint density at radius 3 is 2.53 bits per heavy atom. The highest BCUT2D eigenvalue weighted by molar-refractivity contribution is 5.64. The van der Waals surface area contributed by atoms with Crippen LogP contribution < -0.4 is 10.6 Å². The number of hydrogen-bond acceptors (Lipinski definition) is 3. The number of para-hydroxylation sites is 1. The minimum Gasteiger partial charge on any atom is -0.340 e. The van der Waals surface area contributed by atoms with Gasteiger partial charge in [-0.05, 0) is 31.2 Å². The number of pyridine rings is 1. The fraction of sp³-hybridized carbons (Fsp3) is 0.214. The molecule has 0 amide bonds. The summed E-state index contributed by atoms with van der Waals surface area (Å²) in [6.45, 7) is 3.47. The summed E-state index contributed by atoms with van der Waals surface area (Å²) in [6.07, 6.45) is 1.78. The Kier molecular flexibility index (Phi) is 3.73. The molecule has 17 heavy (non-hydrogen) atoms. The molecule has 0 unspecified atom stereocenters. The van der Waals surface area contributed by atoms with E-state index in [-0.39, 0.29) is 0 Å². The van der Waals surface area contributed by atoms with Crippen molar-refractivity contribution in [1.82, 2.24) is 4.98 Å². The maximum atomic E-state index is 5.73. The van der Waals surface area contributed by atoms with Crippen molar-refractivity contribution in [2.75, 3.05) is 11.4 Å². The van der Waals surface area contributed by atoms with Crippen molar-refractivity contribution in [3.05, 3.63) is 54.4 Å². The van der Waals surface area contributed by atoms with Crippen molar-refractivity contribution in [2.45, 2.75) is 13.5 Å². The number of nitrogens with zero attached hydrogens (tertiary/aromatic N) is 2. The zero-order valence-corrected chi connectivity index (χ0v) is 10.0. The highest BCUT2D eigenvalue weighted by atomic mass is 15.1. The van der Waals surface area contributed by atoms with E-state index in [9.17, 15) is 0 Å². The monoisotopic (exact) mass is 227 g/mol. The van der Waals surface area contributed by atoms with E-state index in [1.54, 1.807) is 6.20 Å². The molecule has 0 fully saturated rings. The number of aromatic nitrogens is 1. The van der Waals surface area contributed by atoms with Gasteiger partial charge in [0.05, 0.1) is 11.4 Å². The van der Waals surface area contributed by atoms with Crippen LogP contribution in [0, 0.1) is 0 Å². The van der Waals surface area contributed by atoms with Crippen molar-refractivity contribution in [1.29, 1.82) is 0 Å². The molecular formula is C14H17N3. The van der Waals surface area contributed by atoms with Crippen LogP contribution in [0.4, 0.5) is 11.4 Å². The highest BCUT2D eigenvalue weighted by Crippen LogP contribution is 2.26. The third kappa shape index (κ3) is 2.45. The van der Waals surface area contributed by atoms with Crippen LogP contribution in [0.15, 0.2) is 48.7 Å². The average molecular weight is 227 g/mol. The lowest BCUT2D eigenvalue weighted by Crippen LogP contribution is -2.19. The zero-order chi connectivity index (χ0) is 12.1. The van der Waals surface area contributed by atoms with Crippen molar-refractivity contribution in [3.8, 4) is 0 Å². The molecule has 0 saturated carbocycles. The first-order valence-electron chi connectivity index (χ1n) is 5.83. The Labute approximate surface area is 102 Å². The molecule has 0 radical (unpaired) electrons. The molecule has 0 saturated heterocycles. The Morgan fingerprint density at radius 2 is 1.88 bits per heavy atom. The van der Waals surface area contributed by atoms with Gasteiger partial charge in [-0.2, -0.15) is 0 Å². The lowest BCUT2D eigenvalue weighted by atomic mass is 10.2. The van der Waals surface area contributed by atoms with E-state index in [4.69, 9.17) is 5.73 Å². The zero-order valence-electron chi connectivity index (χ0n) is 10.0. The predicted octanol–water partition coefficient (Wildman–Crippen LogP) is 2.70. The number of nitrogens with two attached hydrogens (primary N) is 1. The standard InChI is InChI=1S/C14H17N3/c1-2-17(12-7-4-3-5-8-12)14-9-6-10-16-13(14)11-15/h3-10H,2,11,15H2,1H3. The summed E-state index contributed by atoms with van der Waals surface area (Å²) in [5, 5.41) is 0. The maximum Gasteiger partial charge on any atom is 0.0775 e. The second kappa shape index (κ2) is 5.46. The molecule has 0 bridgehead atoms. The van der Waals surface area contributed by atoms with E-state index in [1.807, 2.05) is 24.3 Å². The average Bonchev–Trinajstić information content (AvgIpc) is 2.41. The molecule has 0 aliphatic rings. The van der Waals surface area contributed by atoms with E-state index in [0.717, 1.165) is 23.6 Å². The van der Waals surface area contributed by atoms with Crippen LogP contribution in [0.5, 0.6) is 0 Å². The van der Waals surface area contributed by atoms with Gasteiger partial charge in [-0.3, -0.25) is 4.98 Å². The molecule has 1 aromatic heterocycles. The lowest BCUT2D eigenvalue weighted by molar-refractivity contribution is 0.940. The minimum absolute atomic E-state index is 0.458. The largest absolute Gasteiger partial charge is 0.340 e. The lowest BCUT2D eigenvalue weighted by Gasteiger charge is -2.24. The first-order chi connectivity index (χ1) is 8.36. The normalized spacial score (nSPS) is 10.2. The summed E-state index contributed by atoms with van der Waals surface area (Å²) in [6, 6.07) is 14.3. The van der Waals surface area contributed by atoms with E-state index >= 15 is 0 Å². The van der Waals surface area contributed by atoms with E-state index in [0.29, 0.717) is 6.54 Å². The molecule has 1 heterocycles. The van der Waals surface area contributed by atoms with Gasteiger partial charge in [-0.25, -0.2) is 0 Å². The molecule has 88 valence electrons. The Morgan fingerprint density at radius 1 is 1.12 bits per heavy atom. The molecule has 0 atom stereocenters. The van der Waals surface area contributed by atoms with Gasteiger partial charge >= 0.3 is 0 Å². The number of anilines is 2. The van der Waals surface area contributed by atoms with Crippen LogP contribution in [0.1, 0.15) is 12.6 Å². The summed E-state index contributed by atoms with van der Waals surface area (Å²) < 4.78 is 0. The summed E-state index contributed by atoms with van der Waals surface area (Å²) in [7, 11) is 0. The third-order valence-electron chi connectivity index (χ3n) is 2.73. The van der Waals surface area contributed by atoms with E-state index in [2.05, 4.69) is 35.0 Å². The quantitative estimate of drug-likeness (QED) is 0.873. The van der Waals surface area contributed by atoms with Crippen LogP contribution in [-0.2, 0) is 6.54 Å². The third-order valence-corrected chi connectivity index (χ3v) is 2.73. The molecule has 2 rings (SSSR count). The summed E-state index contributed by atoms with van der Waals surface area (Å²) >= 11 is 0. The van der Waals surface area contributed by atoms with E-state index in [1.165, 1.54) is 0 Å². The highest BCUT2D eigenvalue weighted by Gasteiger charge is 2.10. The molecule has 2 N–H and O–H groups in total. The van der Waals surface area contributed by atoms with E-state index < -0.39 is 0 Å². The number of rotatable bonds is 4. The molecule has 0 spiro atoms. The Hall–Kier alpha value is -1.87. The Bertz CT molecular complexity index is 468. The maximum absolute atomic E-state index is 5.73. The molecule has 0 aliphatic carbocycles. The molecule has 1 aromatic carbocycles. The Balaban J connectivity index is 2.42.